The van der Waals surface area contributed by atoms with E-state index in [9.17, 15) is 4.79 Å². The highest BCUT2D eigenvalue weighted by molar-refractivity contribution is 7.98. The molecule has 1 N–H and O–H groups in total. The van der Waals surface area contributed by atoms with E-state index in [4.69, 9.17) is 9.15 Å². The van der Waals surface area contributed by atoms with Crippen LogP contribution in [0.15, 0.2) is 57.8 Å². The van der Waals surface area contributed by atoms with Crippen LogP contribution < -0.4 is 10.1 Å². The number of nitrogens with zero attached hydrogens (tertiary/aromatic N) is 2. The highest BCUT2D eigenvalue weighted by atomic mass is 32.2. The van der Waals surface area contributed by atoms with E-state index in [1.165, 1.54) is 4.90 Å². The van der Waals surface area contributed by atoms with E-state index in [-0.39, 0.29) is 18.3 Å². The SMILES string of the molecule is COc1cccc(CC(=O)Nc2nnc(Cc3ccc(SC)cc3)o2)c1. The zero-order chi connectivity index (χ0) is 18.4. The molecule has 0 unspecified atom stereocenters. The van der Waals surface area contributed by atoms with E-state index in [0.717, 1.165) is 11.1 Å². The second-order valence-electron chi connectivity index (χ2n) is 5.60. The number of anilines is 1. The van der Waals surface area contributed by atoms with Crippen molar-refractivity contribution in [2.45, 2.75) is 17.7 Å². The third-order valence-electron chi connectivity index (χ3n) is 3.73. The molecule has 3 rings (SSSR count). The van der Waals surface area contributed by atoms with Crippen molar-refractivity contribution >= 4 is 23.7 Å². The topological polar surface area (TPSA) is 77.2 Å². The van der Waals surface area contributed by atoms with Gasteiger partial charge in [0.1, 0.15) is 5.75 Å². The van der Waals surface area contributed by atoms with Gasteiger partial charge in [-0.15, -0.1) is 16.9 Å². The van der Waals surface area contributed by atoms with Crippen molar-refractivity contribution in [2.75, 3.05) is 18.7 Å². The molecule has 0 saturated carbocycles. The molecule has 0 radical (unpaired) electrons. The fourth-order valence-corrected chi connectivity index (χ4v) is 2.83. The van der Waals surface area contributed by atoms with E-state index in [1.807, 2.05) is 54.8 Å². The van der Waals surface area contributed by atoms with E-state index in [2.05, 4.69) is 15.5 Å². The largest absolute Gasteiger partial charge is 0.497 e. The van der Waals surface area contributed by atoms with Crippen LogP contribution in [0, 0.1) is 0 Å². The summed E-state index contributed by atoms with van der Waals surface area (Å²) >= 11 is 1.69. The van der Waals surface area contributed by atoms with Crippen LogP contribution in [0.25, 0.3) is 0 Å². The number of carbonyl (C=O) groups is 1. The summed E-state index contributed by atoms with van der Waals surface area (Å²) in [5.74, 6) is 0.944. The van der Waals surface area contributed by atoms with Gasteiger partial charge in [0, 0.05) is 4.90 Å². The van der Waals surface area contributed by atoms with Crippen LogP contribution in [0.4, 0.5) is 6.01 Å². The molecule has 6 nitrogen and oxygen atoms in total. The molecule has 1 aromatic heterocycles. The molecule has 0 fully saturated rings. The monoisotopic (exact) mass is 369 g/mol. The molecule has 7 heteroatoms. The first-order valence-corrected chi connectivity index (χ1v) is 9.27. The number of rotatable bonds is 7. The maximum atomic E-state index is 12.1. The number of hydrogen-bond donors (Lipinski definition) is 1. The average molecular weight is 369 g/mol. The second kappa shape index (κ2) is 8.53. The van der Waals surface area contributed by atoms with Crippen molar-refractivity contribution < 1.29 is 13.9 Å². The van der Waals surface area contributed by atoms with Gasteiger partial charge in [0.05, 0.1) is 20.0 Å². The summed E-state index contributed by atoms with van der Waals surface area (Å²) in [6.45, 7) is 0. The number of benzene rings is 2. The standard InChI is InChI=1S/C19H19N3O3S/c1-24-15-5-3-4-14(10-15)11-17(23)20-19-22-21-18(25-19)12-13-6-8-16(26-2)9-7-13/h3-10H,11-12H2,1-2H3,(H,20,22,23). The van der Waals surface area contributed by atoms with Crippen LogP contribution in [0.3, 0.4) is 0 Å². The van der Waals surface area contributed by atoms with Crippen LogP contribution in [0.1, 0.15) is 17.0 Å². The van der Waals surface area contributed by atoms with Crippen molar-refractivity contribution in [3.63, 3.8) is 0 Å². The number of carbonyl (C=O) groups excluding carboxylic acids is 1. The van der Waals surface area contributed by atoms with Crippen LogP contribution >= 0.6 is 11.8 Å². The summed E-state index contributed by atoms with van der Waals surface area (Å²) in [6.07, 6.45) is 2.76. The molecule has 0 bridgehead atoms. The molecule has 0 aliphatic rings. The van der Waals surface area contributed by atoms with Crippen LogP contribution in [0.2, 0.25) is 0 Å². The first-order valence-electron chi connectivity index (χ1n) is 8.04. The van der Waals surface area contributed by atoms with Crippen LogP contribution in [-0.2, 0) is 17.6 Å². The molecule has 0 atom stereocenters. The Labute approximate surface area is 156 Å². The third kappa shape index (κ3) is 4.86. The summed E-state index contributed by atoms with van der Waals surface area (Å²) in [6, 6.07) is 15.6. The Balaban J connectivity index is 1.57. The highest BCUT2D eigenvalue weighted by Gasteiger charge is 2.11. The predicted molar refractivity (Wildman–Crippen MR) is 101 cm³/mol. The molecule has 3 aromatic rings. The Morgan fingerprint density at radius 3 is 2.69 bits per heavy atom. The molecular weight excluding hydrogens is 350 g/mol. The van der Waals surface area contributed by atoms with Gasteiger partial charge in [-0.25, -0.2) is 0 Å². The minimum Gasteiger partial charge on any atom is -0.497 e. The lowest BCUT2D eigenvalue weighted by Crippen LogP contribution is -2.14. The zero-order valence-corrected chi connectivity index (χ0v) is 15.4. The summed E-state index contributed by atoms with van der Waals surface area (Å²) in [5.41, 5.74) is 1.91. The normalized spacial score (nSPS) is 10.5. The van der Waals surface area contributed by atoms with E-state index < -0.39 is 0 Å². The Morgan fingerprint density at radius 2 is 1.96 bits per heavy atom. The number of ether oxygens (including phenoxy) is 1. The van der Waals surface area contributed by atoms with Crippen LogP contribution in [-0.4, -0.2) is 29.5 Å². The average Bonchev–Trinajstić information content (AvgIpc) is 3.09. The summed E-state index contributed by atoms with van der Waals surface area (Å²) < 4.78 is 10.7. The van der Waals surface area contributed by atoms with Gasteiger partial charge in [-0.3, -0.25) is 10.1 Å². The van der Waals surface area contributed by atoms with Crippen LogP contribution in [0.5, 0.6) is 5.75 Å². The lowest BCUT2D eigenvalue weighted by molar-refractivity contribution is -0.115. The highest BCUT2D eigenvalue weighted by Crippen LogP contribution is 2.18. The van der Waals surface area contributed by atoms with Gasteiger partial charge < -0.3 is 9.15 Å². The van der Waals surface area contributed by atoms with Gasteiger partial charge in [0.25, 0.3) is 0 Å². The number of hydrogen-bond acceptors (Lipinski definition) is 6. The Morgan fingerprint density at radius 1 is 1.15 bits per heavy atom. The first-order chi connectivity index (χ1) is 12.7. The molecule has 0 aliphatic heterocycles. The van der Waals surface area contributed by atoms with Crippen molar-refractivity contribution in [1.82, 2.24) is 10.2 Å². The minimum atomic E-state index is -0.224. The molecule has 2 aromatic carbocycles. The molecule has 1 heterocycles. The quantitative estimate of drug-likeness (QED) is 0.642. The van der Waals surface area contributed by atoms with E-state index in [0.29, 0.717) is 18.1 Å². The lowest BCUT2D eigenvalue weighted by Gasteiger charge is -2.04. The Hall–Kier alpha value is -2.80. The summed E-state index contributed by atoms with van der Waals surface area (Å²) in [4.78, 5) is 13.3. The van der Waals surface area contributed by atoms with Crippen molar-refractivity contribution in [3.05, 3.63) is 65.5 Å². The smallest absolute Gasteiger partial charge is 0.322 e. The molecule has 0 saturated heterocycles. The van der Waals surface area contributed by atoms with E-state index >= 15 is 0 Å². The van der Waals surface area contributed by atoms with Gasteiger partial charge in [0.15, 0.2) is 0 Å². The fraction of sp³-hybridized carbons (Fsp3) is 0.211. The van der Waals surface area contributed by atoms with Gasteiger partial charge in [-0.2, -0.15) is 0 Å². The van der Waals surface area contributed by atoms with Crippen molar-refractivity contribution in [1.29, 1.82) is 0 Å². The number of methoxy groups -OCH3 is 1. The number of thioether (sulfide) groups is 1. The molecule has 1 amide bonds. The maximum Gasteiger partial charge on any atom is 0.322 e. The third-order valence-corrected chi connectivity index (χ3v) is 4.47. The number of amides is 1. The number of nitrogens with one attached hydrogen (secondary N) is 1. The molecule has 0 spiro atoms. The predicted octanol–water partition coefficient (Wildman–Crippen LogP) is 3.57. The number of aromatic nitrogens is 2. The summed E-state index contributed by atoms with van der Waals surface area (Å²) in [7, 11) is 1.59. The summed E-state index contributed by atoms with van der Waals surface area (Å²) in [5, 5.41) is 10.5. The first kappa shape index (κ1) is 18.0. The van der Waals surface area contributed by atoms with Gasteiger partial charge >= 0.3 is 6.01 Å². The van der Waals surface area contributed by atoms with Gasteiger partial charge in [-0.1, -0.05) is 29.4 Å². The maximum absolute atomic E-state index is 12.1. The zero-order valence-electron chi connectivity index (χ0n) is 14.6. The Bertz CT molecular complexity index is 878. The van der Waals surface area contributed by atoms with Crippen molar-refractivity contribution in [2.24, 2.45) is 0 Å². The van der Waals surface area contributed by atoms with E-state index in [1.54, 1.807) is 18.9 Å². The fourth-order valence-electron chi connectivity index (χ4n) is 2.42. The van der Waals surface area contributed by atoms with Crippen molar-refractivity contribution in [3.8, 4) is 5.75 Å². The van der Waals surface area contributed by atoms with Gasteiger partial charge in [0.2, 0.25) is 11.8 Å². The Kier molecular flexibility index (Phi) is 5.91. The molecule has 26 heavy (non-hydrogen) atoms. The molecular formula is C19H19N3O3S. The molecule has 134 valence electrons. The molecule has 0 aliphatic carbocycles. The minimum absolute atomic E-state index is 0.105. The second-order valence-corrected chi connectivity index (χ2v) is 6.48. The van der Waals surface area contributed by atoms with Gasteiger partial charge in [-0.05, 0) is 41.6 Å². The lowest BCUT2D eigenvalue weighted by atomic mass is 10.1.